The number of aliphatic imine (C=N–C) groups is 2. The zero-order valence-corrected chi connectivity index (χ0v) is 19.3. The standard InChI is InChI=1S/C25H24F3N3OS/c1-5-18(19-8-6-7-9-20(19)25(26,27)28)15(2)12-17-13-16(10-11-21(17)29-3)14-22-23(30-4)31-24(32)33-22/h6-14,18H,2,5H2,1,3-4H3,(H,30,31,32)/b17-12-,22-14-,29-21?. The lowest BCUT2D eigenvalue weighted by molar-refractivity contribution is -0.138. The predicted molar refractivity (Wildman–Crippen MR) is 130 cm³/mol. The van der Waals surface area contributed by atoms with Crippen LogP contribution in [0.3, 0.4) is 0 Å². The molecule has 1 aromatic rings. The maximum Gasteiger partial charge on any atom is 0.416 e. The Morgan fingerprint density at radius 1 is 1.21 bits per heavy atom. The maximum atomic E-state index is 13.6. The van der Waals surface area contributed by atoms with Crippen molar-refractivity contribution in [2.24, 2.45) is 9.98 Å². The summed E-state index contributed by atoms with van der Waals surface area (Å²) in [7, 11) is 3.25. The molecule has 1 amide bonds. The van der Waals surface area contributed by atoms with E-state index in [9.17, 15) is 18.0 Å². The fourth-order valence-corrected chi connectivity index (χ4v) is 4.55. The molecule has 1 aromatic carbocycles. The summed E-state index contributed by atoms with van der Waals surface area (Å²) in [5.74, 6) is -0.000391. The van der Waals surface area contributed by atoms with Gasteiger partial charge in [0, 0.05) is 25.6 Å². The Morgan fingerprint density at radius 2 is 1.94 bits per heavy atom. The van der Waals surface area contributed by atoms with Gasteiger partial charge in [-0.3, -0.25) is 14.8 Å². The van der Waals surface area contributed by atoms with Crippen molar-refractivity contribution in [2.45, 2.75) is 25.4 Å². The van der Waals surface area contributed by atoms with E-state index in [2.05, 4.69) is 21.9 Å². The second kappa shape index (κ2) is 10.2. The molecule has 0 aromatic heterocycles. The molecule has 0 saturated carbocycles. The molecule has 0 spiro atoms. The number of benzene rings is 1. The predicted octanol–water partition coefficient (Wildman–Crippen LogP) is 6.62. The minimum absolute atomic E-state index is 0.198. The van der Waals surface area contributed by atoms with E-state index >= 15 is 0 Å². The first-order chi connectivity index (χ1) is 15.7. The van der Waals surface area contributed by atoms with Gasteiger partial charge in [0.05, 0.1) is 16.2 Å². The van der Waals surface area contributed by atoms with Gasteiger partial charge in [0.15, 0.2) is 0 Å². The Hall–Kier alpha value is -3.13. The quantitative estimate of drug-likeness (QED) is 0.525. The molecule has 172 valence electrons. The zero-order valence-electron chi connectivity index (χ0n) is 18.5. The number of hydrogen-bond donors (Lipinski definition) is 1. The Bertz CT molecular complexity index is 1150. The smallest absolute Gasteiger partial charge is 0.300 e. The molecule has 33 heavy (non-hydrogen) atoms. The van der Waals surface area contributed by atoms with Crippen LogP contribution in [0.25, 0.3) is 0 Å². The number of carbonyl (C=O) groups excluding carboxylic acids is 1. The van der Waals surface area contributed by atoms with Crippen LogP contribution in [-0.2, 0) is 6.18 Å². The van der Waals surface area contributed by atoms with E-state index in [-0.39, 0.29) is 10.8 Å². The van der Waals surface area contributed by atoms with Crippen molar-refractivity contribution < 1.29 is 18.0 Å². The number of hydrogen-bond acceptors (Lipinski definition) is 4. The molecule has 1 saturated heterocycles. The highest BCUT2D eigenvalue weighted by Gasteiger charge is 2.35. The Kier molecular flexibility index (Phi) is 7.58. The van der Waals surface area contributed by atoms with Crippen LogP contribution in [0.15, 0.2) is 92.8 Å². The molecule has 1 heterocycles. The van der Waals surface area contributed by atoms with Crippen LogP contribution in [0, 0.1) is 0 Å². The third-order valence-corrected chi connectivity index (χ3v) is 6.13. The fourth-order valence-electron chi connectivity index (χ4n) is 3.77. The number of alkyl halides is 3. The minimum Gasteiger partial charge on any atom is -0.300 e. The Balaban J connectivity index is 1.99. The summed E-state index contributed by atoms with van der Waals surface area (Å²) in [5.41, 5.74) is 2.36. The number of nitrogens with one attached hydrogen (secondary N) is 1. The minimum atomic E-state index is -4.44. The van der Waals surface area contributed by atoms with Crippen molar-refractivity contribution in [1.82, 2.24) is 5.32 Å². The van der Waals surface area contributed by atoms with Gasteiger partial charge >= 0.3 is 6.18 Å². The average molecular weight is 472 g/mol. The van der Waals surface area contributed by atoms with Gasteiger partial charge in [0.1, 0.15) is 5.84 Å². The van der Waals surface area contributed by atoms with Crippen molar-refractivity contribution >= 4 is 28.5 Å². The van der Waals surface area contributed by atoms with Gasteiger partial charge in [-0.25, -0.2) is 0 Å². The normalized spacial score (nSPS) is 22.2. The SMILES string of the molecule is C=C(/C=C1C=C(/C=C2\SC(=O)NC2=NC)C=CC/1=NC)C(CC)c1ccccc1C(F)(F)F. The number of amidine groups is 1. The number of rotatable bonds is 5. The molecule has 2 aliphatic rings. The second-order valence-electron chi connectivity index (χ2n) is 7.40. The molecule has 1 unspecified atom stereocenters. The fraction of sp³-hybridized carbons (Fsp3) is 0.240. The molecule has 1 aliphatic heterocycles. The van der Waals surface area contributed by atoms with Crippen molar-refractivity contribution in [3.63, 3.8) is 0 Å². The van der Waals surface area contributed by atoms with Crippen LogP contribution >= 0.6 is 11.8 Å². The van der Waals surface area contributed by atoms with Crippen LogP contribution in [0.1, 0.15) is 30.4 Å². The first-order valence-corrected chi connectivity index (χ1v) is 11.1. The molecule has 3 rings (SSSR count). The van der Waals surface area contributed by atoms with E-state index in [0.29, 0.717) is 28.4 Å². The number of allylic oxidation sites excluding steroid dienone is 8. The van der Waals surface area contributed by atoms with Crippen molar-refractivity contribution in [3.05, 3.63) is 94.0 Å². The van der Waals surface area contributed by atoms with Gasteiger partial charge in [-0.1, -0.05) is 37.8 Å². The van der Waals surface area contributed by atoms with E-state index in [1.54, 1.807) is 26.2 Å². The van der Waals surface area contributed by atoms with Crippen molar-refractivity contribution in [3.8, 4) is 0 Å². The largest absolute Gasteiger partial charge is 0.416 e. The number of amides is 1. The molecule has 8 heteroatoms. The number of carbonyl (C=O) groups is 1. The van der Waals surface area contributed by atoms with Crippen LogP contribution < -0.4 is 5.32 Å². The van der Waals surface area contributed by atoms with Crippen LogP contribution in [-0.4, -0.2) is 30.9 Å². The molecule has 1 aliphatic carbocycles. The first kappa shape index (κ1) is 24.5. The van der Waals surface area contributed by atoms with Crippen LogP contribution in [0.5, 0.6) is 0 Å². The summed E-state index contributed by atoms with van der Waals surface area (Å²) < 4.78 is 40.8. The summed E-state index contributed by atoms with van der Waals surface area (Å²) in [5, 5.41) is 2.48. The monoisotopic (exact) mass is 471 g/mol. The van der Waals surface area contributed by atoms with Gasteiger partial charge in [0.2, 0.25) is 0 Å². The maximum absolute atomic E-state index is 13.6. The lowest BCUT2D eigenvalue weighted by Crippen LogP contribution is -2.18. The summed E-state index contributed by atoms with van der Waals surface area (Å²) in [6.45, 7) is 5.95. The highest BCUT2D eigenvalue weighted by Crippen LogP contribution is 2.39. The summed E-state index contributed by atoms with van der Waals surface area (Å²) in [4.78, 5) is 20.7. The molecule has 4 nitrogen and oxygen atoms in total. The summed E-state index contributed by atoms with van der Waals surface area (Å²) in [6.07, 6.45) is 5.21. The lowest BCUT2D eigenvalue weighted by Gasteiger charge is -2.22. The average Bonchev–Trinajstić information content (AvgIpc) is 3.13. The Labute approximate surface area is 195 Å². The Morgan fingerprint density at radius 3 is 2.58 bits per heavy atom. The van der Waals surface area contributed by atoms with Gasteiger partial charge in [-0.2, -0.15) is 13.2 Å². The molecule has 1 N–H and O–H groups in total. The summed E-state index contributed by atoms with van der Waals surface area (Å²) >= 11 is 1.06. The first-order valence-electron chi connectivity index (χ1n) is 10.3. The summed E-state index contributed by atoms with van der Waals surface area (Å²) in [6, 6.07) is 5.62. The van der Waals surface area contributed by atoms with Gasteiger partial charge < -0.3 is 5.32 Å². The number of halogens is 3. The highest BCUT2D eigenvalue weighted by atomic mass is 32.2. The van der Waals surface area contributed by atoms with Gasteiger partial charge in [0.25, 0.3) is 5.24 Å². The third kappa shape index (κ3) is 5.63. The molecule has 0 radical (unpaired) electrons. The van der Waals surface area contributed by atoms with Gasteiger partial charge in [-0.05, 0) is 65.3 Å². The van der Waals surface area contributed by atoms with Crippen molar-refractivity contribution in [2.75, 3.05) is 14.1 Å². The lowest BCUT2D eigenvalue weighted by atomic mass is 9.84. The van der Waals surface area contributed by atoms with E-state index in [0.717, 1.165) is 29.0 Å². The molecular weight excluding hydrogens is 447 g/mol. The van der Waals surface area contributed by atoms with Crippen LogP contribution in [0.4, 0.5) is 18.0 Å². The molecule has 1 atom stereocenters. The van der Waals surface area contributed by atoms with E-state index in [4.69, 9.17) is 0 Å². The van der Waals surface area contributed by atoms with E-state index < -0.39 is 17.7 Å². The van der Waals surface area contributed by atoms with Gasteiger partial charge in [-0.15, -0.1) is 0 Å². The third-order valence-electron chi connectivity index (χ3n) is 5.31. The highest BCUT2D eigenvalue weighted by molar-refractivity contribution is 8.18. The topological polar surface area (TPSA) is 53.8 Å². The zero-order chi connectivity index (χ0) is 24.2. The second-order valence-corrected chi connectivity index (χ2v) is 8.42. The van der Waals surface area contributed by atoms with Crippen molar-refractivity contribution in [1.29, 1.82) is 0 Å². The molecule has 1 fully saturated rings. The number of nitrogens with zero attached hydrogens (tertiary/aromatic N) is 2. The molecular formula is C25H24F3N3OS. The number of thioether (sulfide) groups is 1. The van der Waals surface area contributed by atoms with Crippen LogP contribution in [0.2, 0.25) is 0 Å². The van der Waals surface area contributed by atoms with E-state index in [1.165, 1.54) is 12.1 Å². The molecule has 0 bridgehead atoms. The van der Waals surface area contributed by atoms with E-state index in [1.807, 2.05) is 31.2 Å².